The van der Waals surface area contributed by atoms with Gasteiger partial charge in [0.05, 0.1) is 6.10 Å². The summed E-state index contributed by atoms with van der Waals surface area (Å²) in [5, 5.41) is 19.7. The average molecular weight is 269 g/mol. The Labute approximate surface area is 111 Å². The topological polar surface area (TPSA) is 94.2 Å². The zero-order chi connectivity index (χ0) is 14.0. The highest BCUT2D eigenvalue weighted by molar-refractivity contribution is 5.41. The fourth-order valence-corrected chi connectivity index (χ4v) is 2.03. The fraction of sp³-hybridized carbons (Fsp3) is 0.538. The Hall–Kier alpha value is -1.34. The molecule has 0 bridgehead atoms. The van der Waals surface area contributed by atoms with E-state index in [1.807, 2.05) is 0 Å². The van der Waals surface area contributed by atoms with Gasteiger partial charge in [-0.05, 0) is 31.2 Å². The molecule has 1 aliphatic rings. The van der Waals surface area contributed by atoms with Crippen LogP contribution in [-0.4, -0.2) is 48.0 Å². The molecular formula is C13H19NO5. The number of anilines is 1. The highest BCUT2D eigenvalue weighted by Crippen LogP contribution is 2.26. The highest BCUT2D eigenvalue weighted by Gasteiger charge is 2.44. The molecule has 19 heavy (non-hydrogen) atoms. The summed E-state index contributed by atoms with van der Waals surface area (Å²) in [4.78, 5) is 0. The number of benzene rings is 1. The SMILES string of the molecule is COC1C(Oc2ccc(N)cc2)OC(C)C(O)C1O. The van der Waals surface area contributed by atoms with Crippen molar-refractivity contribution in [2.24, 2.45) is 0 Å². The Balaban J connectivity index is 2.11. The molecule has 1 aliphatic heterocycles. The first kappa shape index (κ1) is 14.1. The minimum Gasteiger partial charge on any atom is -0.462 e. The first-order valence-electron chi connectivity index (χ1n) is 6.09. The number of methoxy groups -OCH3 is 1. The summed E-state index contributed by atoms with van der Waals surface area (Å²) < 4.78 is 16.3. The molecule has 1 aromatic carbocycles. The van der Waals surface area contributed by atoms with Crippen LogP contribution in [0.2, 0.25) is 0 Å². The van der Waals surface area contributed by atoms with Crippen LogP contribution in [-0.2, 0) is 9.47 Å². The van der Waals surface area contributed by atoms with Crippen molar-refractivity contribution in [3.63, 3.8) is 0 Å². The van der Waals surface area contributed by atoms with E-state index in [0.717, 1.165) is 0 Å². The maximum absolute atomic E-state index is 9.95. The lowest BCUT2D eigenvalue weighted by atomic mass is 10.00. The molecule has 0 aromatic heterocycles. The van der Waals surface area contributed by atoms with Gasteiger partial charge in [-0.1, -0.05) is 0 Å². The van der Waals surface area contributed by atoms with E-state index in [1.54, 1.807) is 31.2 Å². The molecule has 1 fully saturated rings. The Morgan fingerprint density at radius 3 is 2.37 bits per heavy atom. The normalized spacial score (nSPS) is 35.1. The van der Waals surface area contributed by atoms with Gasteiger partial charge in [0.1, 0.15) is 24.1 Å². The first-order valence-corrected chi connectivity index (χ1v) is 6.09. The summed E-state index contributed by atoms with van der Waals surface area (Å²) >= 11 is 0. The Morgan fingerprint density at radius 1 is 1.16 bits per heavy atom. The van der Waals surface area contributed by atoms with E-state index in [1.165, 1.54) is 7.11 Å². The second-order valence-electron chi connectivity index (χ2n) is 4.58. The average Bonchev–Trinajstić information content (AvgIpc) is 2.39. The lowest BCUT2D eigenvalue weighted by Gasteiger charge is -2.40. The fourth-order valence-electron chi connectivity index (χ4n) is 2.03. The lowest BCUT2D eigenvalue weighted by Crippen LogP contribution is -2.58. The standard InChI is InChI=1S/C13H19NO5/c1-7-10(15)11(16)12(17-2)13(18-7)19-9-5-3-8(14)4-6-9/h3-7,10-13,15-16H,14H2,1-2H3. The van der Waals surface area contributed by atoms with Gasteiger partial charge in [0.15, 0.2) is 0 Å². The van der Waals surface area contributed by atoms with Crippen LogP contribution in [0.1, 0.15) is 6.92 Å². The third-order valence-corrected chi connectivity index (χ3v) is 3.19. The maximum atomic E-state index is 9.95. The minimum absolute atomic E-state index is 0.541. The van der Waals surface area contributed by atoms with E-state index in [9.17, 15) is 10.2 Å². The van der Waals surface area contributed by atoms with Crippen molar-refractivity contribution in [2.75, 3.05) is 12.8 Å². The van der Waals surface area contributed by atoms with Crippen LogP contribution in [0, 0.1) is 0 Å². The summed E-state index contributed by atoms with van der Waals surface area (Å²) in [6, 6.07) is 6.81. The molecule has 0 aliphatic carbocycles. The van der Waals surface area contributed by atoms with Crippen molar-refractivity contribution in [1.29, 1.82) is 0 Å². The Kier molecular flexibility index (Phi) is 4.26. The molecule has 106 valence electrons. The van der Waals surface area contributed by atoms with E-state index in [-0.39, 0.29) is 0 Å². The van der Waals surface area contributed by atoms with Gasteiger partial charge in [0.2, 0.25) is 6.29 Å². The molecular weight excluding hydrogens is 250 g/mol. The van der Waals surface area contributed by atoms with Crippen LogP contribution in [0.4, 0.5) is 5.69 Å². The zero-order valence-electron chi connectivity index (χ0n) is 10.9. The molecule has 6 heteroatoms. The summed E-state index contributed by atoms with van der Waals surface area (Å²) in [6.07, 6.45) is -4.16. The first-order chi connectivity index (χ1) is 9.02. The predicted octanol–water partition coefficient (Wildman–Crippen LogP) is 0.129. The number of hydrogen-bond acceptors (Lipinski definition) is 6. The number of aliphatic hydroxyl groups is 2. The van der Waals surface area contributed by atoms with E-state index in [0.29, 0.717) is 11.4 Å². The van der Waals surface area contributed by atoms with Crippen LogP contribution in [0.5, 0.6) is 5.75 Å². The number of aliphatic hydroxyl groups excluding tert-OH is 2. The number of nitrogens with two attached hydrogens (primary N) is 1. The molecule has 0 saturated carbocycles. The number of ether oxygens (including phenoxy) is 3. The van der Waals surface area contributed by atoms with Crippen LogP contribution >= 0.6 is 0 Å². The largest absolute Gasteiger partial charge is 0.462 e. The summed E-state index contributed by atoms with van der Waals surface area (Å²) in [6.45, 7) is 1.67. The summed E-state index contributed by atoms with van der Waals surface area (Å²) in [5.41, 5.74) is 6.22. The molecule has 1 aromatic rings. The van der Waals surface area contributed by atoms with Gasteiger partial charge in [-0.15, -0.1) is 0 Å². The van der Waals surface area contributed by atoms with Gasteiger partial charge >= 0.3 is 0 Å². The van der Waals surface area contributed by atoms with E-state index >= 15 is 0 Å². The van der Waals surface area contributed by atoms with Crippen molar-refractivity contribution >= 4 is 5.69 Å². The van der Waals surface area contributed by atoms with Crippen molar-refractivity contribution < 1.29 is 24.4 Å². The van der Waals surface area contributed by atoms with Crippen molar-refractivity contribution in [1.82, 2.24) is 0 Å². The van der Waals surface area contributed by atoms with Crippen LogP contribution in [0.25, 0.3) is 0 Å². The van der Waals surface area contributed by atoms with Crippen molar-refractivity contribution in [3.05, 3.63) is 24.3 Å². The molecule has 1 heterocycles. The molecule has 6 nitrogen and oxygen atoms in total. The summed E-state index contributed by atoms with van der Waals surface area (Å²) in [5.74, 6) is 0.553. The van der Waals surface area contributed by atoms with Crippen molar-refractivity contribution in [3.8, 4) is 5.75 Å². The Morgan fingerprint density at radius 2 is 1.79 bits per heavy atom. The van der Waals surface area contributed by atoms with Crippen LogP contribution in [0.15, 0.2) is 24.3 Å². The quantitative estimate of drug-likeness (QED) is 0.675. The predicted molar refractivity (Wildman–Crippen MR) is 68.6 cm³/mol. The second kappa shape index (κ2) is 5.75. The summed E-state index contributed by atoms with van der Waals surface area (Å²) in [7, 11) is 1.43. The van der Waals surface area contributed by atoms with Crippen molar-refractivity contribution in [2.45, 2.75) is 37.6 Å². The smallest absolute Gasteiger partial charge is 0.229 e. The molecule has 4 N–H and O–H groups in total. The van der Waals surface area contributed by atoms with Gasteiger partial charge < -0.3 is 30.2 Å². The molecule has 5 unspecified atom stereocenters. The number of rotatable bonds is 3. The molecule has 0 spiro atoms. The number of nitrogen functional groups attached to an aromatic ring is 1. The van der Waals surface area contributed by atoms with Gasteiger partial charge in [-0.25, -0.2) is 0 Å². The molecule has 2 rings (SSSR count). The second-order valence-corrected chi connectivity index (χ2v) is 4.58. The van der Waals surface area contributed by atoms with Gasteiger partial charge in [0.25, 0.3) is 0 Å². The van der Waals surface area contributed by atoms with E-state index in [2.05, 4.69) is 0 Å². The Bertz CT molecular complexity index is 410. The maximum Gasteiger partial charge on any atom is 0.229 e. The van der Waals surface area contributed by atoms with Gasteiger partial charge in [-0.2, -0.15) is 0 Å². The van der Waals surface area contributed by atoms with Crippen LogP contribution in [0.3, 0.4) is 0 Å². The molecule has 5 atom stereocenters. The highest BCUT2D eigenvalue weighted by atomic mass is 16.7. The monoisotopic (exact) mass is 269 g/mol. The number of hydrogen-bond donors (Lipinski definition) is 3. The molecule has 1 saturated heterocycles. The van der Waals surface area contributed by atoms with Gasteiger partial charge in [-0.3, -0.25) is 0 Å². The zero-order valence-corrected chi connectivity index (χ0v) is 10.9. The minimum atomic E-state index is -1.06. The molecule has 0 radical (unpaired) electrons. The third-order valence-electron chi connectivity index (χ3n) is 3.19. The molecule has 0 amide bonds. The lowest BCUT2D eigenvalue weighted by molar-refractivity contribution is -0.274. The third kappa shape index (κ3) is 2.98. The van der Waals surface area contributed by atoms with Crippen LogP contribution < -0.4 is 10.5 Å². The van der Waals surface area contributed by atoms with E-state index < -0.39 is 30.7 Å². The van der Waals surface area contributed by atoms with Gasteiger partial charge in [0, 0.05) is 12.8 Å². The van der Waals surface area contributed by atoms with E-state index in [4.69, 9.17) is 19.9 Å².